The van der Waals surface area contributed by atoms with Crippen LogP contribution in [0.15, 0.2) is 48.5 Å². The number of esters is 1. The van der Waals surface area contributed by atoms with Gasteiger partial charge in [-0.05, 0) is 61.9 Å². The van der Waals surface area contributed by atoms with Crippen LogP contribution in [0.4, 0.5) is 11.4 Å². The number of fused-ring (bicyclic) bond motifs is 1. The molecule has 30 heavy (non-hydrogen) atoms. The quantitative estimate of drug-likeness (QED) is 0.515. The Kier molecular flexibility index (Phi) is 5.14. The highest BCUT2D eigenvalue weighted by Gasteiger charge is 2.35. The van der Waals surface area contributed by atoms with E-state index in [0.717, 1.165) is 5.69 Å². The van der Waals surface area contributed by atoms with Crippen LogP contribution >= 0.6 is 0 Å². The van der Waals surface area contributed by atoms with Gasteiger partial charge in [0.15, 0.2) is 5.69 Å². The number of benzene rings is 2. The number of rotatable bonds is 5. The molecule has 1 amide bonds. The monoisotopic (exact) mass is 408 g/mol. The molecule has 0 saturated carbocycles. The standard InChI is InChI=1S/C22H22N4O4/c1-3-30-22(28)19-18-12-13-25(15-6-4-14(23)5-7-15)21(27)20(18)26(24-19)16-8-10-17(29-2)11-9-16/h4-11H,3,12-13,23H2,1-2H3/i21+2. The van der Waals surface area contributed by atoms with E-state index in [-0.39, 0.29) is 18.2 Å². The number of ether oxygens (including phenoxy) is 2. The van der Waals surface area contributed by atoms with E-state index in [9.17, 15) is 9.59 Å². The highest BCUT2D eigenvalue weighted by Crippen LogP contribution is 2.30. The molecule has 0 fully saturated rings. The van der Waals surface area contributed by atoms with Crippen molar-refractivity contribution < 1.29 is 19.1 Å². The Hall–Kier alpha value is -3.81. The van der Waals surface area contributed by atoms with Gasteiger partial charge in [0.25, 0.3) is 5.91 Å². The van der Waals surface area contributed by atoms with Crippen LogP contribution < -0.4 is 15.4 Å². The van der Waals surface area contributed by atoms with Crippen LogP contribution in [-0.2, 0) is 11.2 Å². The van der Waals surface area contributed by atoms with Crippen LogP contribution in [0.5, 0.6) is 5.75 Å². The molecule has 0 atom stereocenters. The lowest BCUT2D eigenvalue weighted by molar-refractivity contribution is 0.0517. The number of anilines is 2. The molecule has 8 nitrogen and oxygen atoms in total. The van der Waals surface area contributed by atoms with Gasteiger partial charge in [0.2, 0.25) is 0 Å². The first-order valence-electron chi connectivity index (χ1n) is 9.64. The molecule has 154 valence electrons. The summed E-state index contributed by atoms with van der Waals surface area (Å²) in [5.41, 5.74) is 8.91. The number of amides is 1. The number of methoxy groups -OCH3 is 1. The highest BCUT2D eigenvalue weighted by molar-refractivity contribution is 6.09. The number of carbonyl (C=O) groups is 2. The Bertz CT molecular complexity index is 1090. The molecule has 0 unspecified atom stereocenters. The van der Waals surface area contributed by atoms with E-state index in [2.05, 4.69) is 5.10 Å². The summed E-state index contributed by atoms with van der Waals surface area (Å²) in [6, 6.07) is 14.2. The zero-order valence-electron chi connectivity index (χ0n) is 16.8. The zero-order chi connectivity index (χ0) is 21.3. The molecule has 2 N–H and O–H groups in total. The smallest absolute Gasteiger partial charge is 0.359 e. The number of hydrogen-bond acceptors (Lipinski definition) is 6. The highest BCUT2D eigenvalue weighted by atomic mass is 16.5. The zero-order valence-corrected chi connectivity index (χ0v) is 16.8. The summed E-state index contributed by atoms with van der Waals surface area (Å²) in [5.74, 6) is -0.0881. The van der Waals surface area contributed by atoms with Crippen molar-refractivity contribution in [3.05, 3.63) is 65.5 Å². The van der Waals surface area contributed by atoms with E-state index < -0.39 is 5.97 Å². The molecular weight excluding hydrogens is 386 g/mol. The van der Waals surface area contributed by atoms with Crippen molar-refractivity contribution in [2.45, 2.75) is 13.3 Å². The predicted octanol–water partition coefficient (Wildman–Crippen LogP) is 2.84. The van der Waals surface area contributed by atoms with Gasteiger partial charge in [0.05, 0.1) is 19.4 Å². The van der Waals surface area contributed by atoms with E-state index in [1.54, 1.807) is 67.5 Å². The fourth-order valence-corrected chi connectivity index (χ4v) is 3.53. The number of hydrogen-bond donors (Lipinski definition) is 1. The molecule has 4 rings (SSSR count). The second-order valence-corrected chi connectivity index (χ2v) is 6.80. The average molecular weight is 408 g/mol. The Balaban J connectivity index is 1.82. The van der Waals surface area contributed by atoms with Crippen LogP contribution in [0, 0.1) is 0 Å². The van der Waals surface area contributed by atoms with Gasteiger partial charge < -0.3 is 20.1 Å². The van der Waals surface area contributed by atoms with Crippen molar-refractivity contribution in [2.75, 3.05) is 30.9 Å². The van der Waals surface area contributed by atoms with E-state index in [4.69, 9.17) is 15.2 Å². The first kappa shape index (κ1) is 19.5. The number of nitrogens with two attached hydrogens (primary N) is 1. The van der Waals surface area contributed by atoms with Gasteiger partial charge in [0, 0.05) is 23.5 Å². The number of carbonyl (C=O) groups excluding carboxylic acids is 2. The van der Waals surface area contributed by atoms with Crippen LogP contribution in [0.3, 0.4) is 0 Å². The summed E-state index contributed by atoms with van der Waals surface area (Å²) >= 11 is 0. The van der Waals surface area contributed by atoms with Gasteiger partial charge in [-0.2, -0.15) is 5.10 Å². The minimum absolute atomic E-state index is 0.174. The Morgan fingerprint density at radius 2 is 1.80 bits per heavy atom. The maximum atomic E-state index is 13.5. The van der Waals surface area contributed by atoms with E-state index in [0.29, 0.717) is 41.3 Å². The minimum atomic E-state index is -0.533. The third-order valence-corrected chi connectivity index (χ3v) is 5.01. The largest absolute Gasteiger partial charge is 0.497 e. The van der Waals surface area contributed by atoms with Gasteiger partial charge in [0.1, 0.15) is 11.4 Å². The molecule has 0 bridgehead atoms. The van der Waals surface area contributed by atoms with Gasteiger partial charge in [-0.1, -0.05) is 0 Å². The number of aromatic nitrogens is 2. The van der Waals surface area contributed by atoms with Crippen molar-refractivity contribution >= 4 is 23.3 Å². The summed E-state index contributed by atoms with van der Waals surface area (Å²) in [6.45, 7) is 2.39. The molecule has 8 heteroatoms. The second kappa shape index (κ2) is 7.90. The minimum Gasteiger partial charge on any atom is -0.497 e. The Labute approximate surface area is 173 Å². The summed E-state index contributed by atoms with van der Waals surface area (Å²) in [5, 5.41) is 4.46. The first-order chi connectivity index (χ1) is 14.5. The molecule has 0 radical (unpaired) electrons. The lowest BCUT2D eigenvalue weighted by atomic mass is 10.1. The SMILES string of the molecule is CCOC(=O)c1nn(-c2ccc(OC)cc2)c2c1CCN(c1ccc(N)cc1)[14C]2=O. The molecule has 2 heterocycles. The summed E-state index contributed by atoms with van der Waals surface area (Å²) in [6.07, 6.45) is 0.482. The summed E-state index contributed by atoms with van der Waals surface area (Å²) in [4.78, 5) is 27.6. The van der Waals surface area contributed by atoms with Gasteiger partial charge in [-0.25, -0.2) is 9.48 Å². The lowest BCUT2D eigenvalue weighted by Crippen LogP contribution is -2.39. The molecule has 0 aliphatic carbocycles. The van der Waals surface area contributed by atoms with Crippen molar-refractivity contribution in [1.82, 2.24) is 9.78 Å². The summed E-state index contributed by atoms with van der Waals surface area (Å²) < 4.78 is 11.9. The fraction of sp³-hybridized carbons (Fsp3) is 0.227. The Morgan fingerprint density at radius 3 is 2.43 bits per heavy atom. The van der Waals surface area contributed by atoms with Crippen molar-refractivity contribution in [2.24, 2.45) is 0 Å². The van der Waals surface area contributed by atoms with Crippen molar-refractivity contribution in [3.63, 3.8) is 0 Å². The molecule has 2 aromatic carbocycles. The number of nitrogens with zero attached hydrogens (tertiary/aromatic N) is 3. The molecule has 3 aromatic rings. The maximum Gasteiger partial charge on any atom is 0.359 e. The molecule has 0 spiro atoms. The summed E-state index contributed by atoms with van der Waals surface area (Å²) in [7, 11) is 1.58. The third-order valence-electron chi connectivity index (χ3n) is 5.01. The topological polar surface area (TPSA) is 99.7 Å². The molecule has 0 saturated heterocycles. The second-order valence-electron chi connectivity index (χ2n) is 6.80. The Morgan fingerprint density at radius 1 is 1.13 bits per heavy atom. The van der Waals surface area contributed by atoms with Gasteiger partial charge >= 0.3 is 5.97 Å². The van der Waals surface area contributed by atoms with Crippen LogP contribution in [0.1, 0.15) is 33.5 Å². The van der Waals surface area contributed by atoms with Crippen LogP contribution in [0.2, 0.25) is 0 Å². The fourth-order valence-electron chi connectivity index (χ4n) is 3.53. The van der Waals surface area contributed by atoms with Gasteiger partial charge in [-0.3, -0.25) is 4.79 Å². The molecule has 1 aliphatic rings. The number of nitrogen functional groups attached to an aromatic ring is 1. The first-order valence-corrected chi connectivity index (χ1v) is 9.64. The molecular formula is C22H22N4O4. The molecule has 1 aliphatic heterocycles. The average Bonchev–Trinajstić information content (AvgIpc) is 3.16. The van der Waals surface area contributed by atoms with E-state index in [1.807, 2.05) is 0 Å². The van der Waals surface area contributed by atoms with Crippen LogP contribution in [0.25, 0.3) is 5.69 Å². The lowest BCUT2D eigenvalue weighted by Gasteiger charge is -2.27. The van der Waals surface area contributed by atoms with E-state index >= 15 is 0 Å². The normalized spacial score (nSPS) is 13.1. The van der Waals surface area contributed by atoms with Crippen LogP contribution in [-0.4, -0.2) is 41.9 Å². The molecule has 1 aromatic heterocycles. The van der Waals surface area contributed by atoms with Crippen molar-refractivity contribution in [3.8, 4) is 11.4 Å². The maximum absolute atomic E-state index is 13.5. The predicted molar refractivity (Wildman–Crippen MR) is 112 cm³/mol. The van der Waals surface area contributed by atoms with E-state index in [1.165, 1.54) is 4.68 Å². The third kappa shape index (κ3) is 3.36. The van der Waals surface area contributed by atoms with Gasteiger partial charge in [-0.15, -0.1) is 0 Å². The van der Waals surface area contributed by atoms with Crippen molar-refractivity contribution in [1.29, 1.82) is 0 Å².